The van der Waals surface area contributed by atoms with Crippen molar-refractivity contribution < 1.29 is 19.2 Å². The van der Waals surface area contributed by atoms with Gasteiger partial charge in [-0.1, -0.05) is 0 Å². The summed E-state index contributed by atoms with van der Waals surface area (Å²) in [6.45, 7) is 6.96. The third-order valence-corrected chi connectivity index (χ3v) is 2.10. The van der Waals surface area contributed by atoms with Gasteiger partial charge in [-0.25, -0.2) is 4.79 Å². The fourth-order valence-electron chi connectivity index (χ4n) is 1.42. The Balaban J connectivity index is 3.09. The van der Waals surface area contributed by atoms with E-state index < -0.39 is 10.9 Å². The van der Waals surface area contributed by atoms with Gasteiger partial charge in [0.15, 0.2) is 5.75 Å². The second kappa shape index (κ2) is 6.17. The summed E-state index contributed by atoms with van der Waals surface area (Å²) in [5.74, 6) is -0.449. The predicted molar refractivity (Wildman–Crippen MR) is 69.4 cm³/mol. The Morgan fingerprint density at radius 2 is 1.84 bits per heavy atom. The monoisotopic (exact) mass is 267 g/mol. The van der Waals surface area contributed by atoms with Gasteiger partial charge in [0.2, 0.25) is 0 Å². The number of hydrogen-bond donors (Lipinski definition) is 0. The lowest BCUT2D eigenvalue weighted by atomic mass is 10.2. The predicted octanol–water partition coefficient (Wildman–Crippen LogP) is 2.95. The summed E-state index contributed by atoms with van der Waals surface area (Å²) in [6, 6.07) is 4.03. The van der Waals surface area contributed by atoms with Gasteiger partial charge >= 0.3 is 11.7 Å². The summed E-state index contributed by atoms with van der Waals surface area (Å²) in [7, 11) is 0. The number of esters is 1. The summed E-state index contributed by atoms with van der Waals surface area (Å²) < 4.78 is 10.3. The topological polar surface area (TPSA) is 78.7 Å². The van der Waals surface area contributed by atoms with Crippen LogP contribution >= 0.6 is 0 Å². The van der Waals surface area contributed by atoms with Gasteiger partial charge in [-0.15, -0.1) is 0 Å². The first kappa shape index (κ1) is 14.9. The molecule has 0 N–H and O–H groups in total. The van der Waals surface area contributed by atoms with Gasteiger partial charge in [0.25, 0.3) is 0 Å². The average Bonchev–Trinajstić information content (AvgIpc) is 2.27. The summed E-state index contributed by atoms with van der Waals surface area (Å²) in [4.78, 5) is 22.1. The van der Waals surface area contributed by atoms with Crippen LogP contribution < -0.4 is 4.74 Å². The number of rotatable bonds is 5. The highest BCUT2D eigenvalue weighted by atomic mass is 16.6. The molecule has 0 saturated carbocycles. The number of nitrogens with zero attached hydrogens (tertiary/aromatic N) is 1. The standard InChI is InChI=1S/C13H17NO5/c1-8(2)18-12-6-5-10(7-11(12)14(16)17)13(15)19-9(3)4/h5-9H,1-4H3. The van der Waals surface area contributed by atoms with E-state index in [-0.39, 0.29) is 29.2 Å². The molecule has 6 heteroatoms. The lowest BCUT2D eigenvalue weighted by Gasteiger charge is -2.11. The molecule has 0 spiro atoms. The first-order chi connectivity index (χ1) is 8.81. The Morgan fingerprint density at radius 1 is 1.21 bits per heavy atom. The van der Waals surface area contributed by atoms with Crippen molar-refractivity contribution in [2.24, 2.45) is 0 Å². The molecule has 0 aliphatic carbocycles. The molecular formula is C13H17NO5. The van der Waals surface area contributed by atoms with Crippen LogP contribution in [-0.2, 0) is 4.74 Å². The third kappa shape index (κ3) is 4.24. The molecule has 19 heavy (non-hydrogen) atoms. The fourth-order valence-corrected chi connectivity index (χ4v) is 1.42. The molecule has 0 aliphatic rings. The SMILES string of the molecule is CC(C)OC(=O)c1ccc(OC(C)C)c([N+](=O)[O-])c1. The van der Waals surface area contributed by atoms with Crippen molar-refractivity contribution in [2.75, 3.05) is 0 Å². The van der Waals surface area contributed by atoms with Crippen molar-refractivity contribution in [3.8, 4) is 5.75 Å². The molecule has 0 amide bonds. The summed E-state index contributed by atoms with van der Waals surface area (Å²) >= 11 is 0. The molecule has 1 rings (SSSR count). The number of nitro benzene ring substituents is 1. The van der Waals surface area contributed by atoms with E-state index in [0.717, 1.165) is 0 Å². The maximum absolute atomic E-state index is 11.7. The van der Waals surface area contributed by atoms with E-state index in [0.29, 0.717) is 0 Å². The second-order valence-electron chi connectivity index (χ2n) is 4.56. The van der Waals surface area contributed by atoms with Crippen molar-refractivity contribution in [1.82, 2.24) is 0 Å². The molecule has 0 fully saturated rings. The quantitative estimate of drug-likeness (QED) is 0.465. The Hall–Kier alpha value is -2.11. The highest BCUT2D eigenvalue weighted by Crippen LogP contribution is 2.29. The molecule has 1 aromatic carbocycles. The first-order valence-electron chi connectivity index (χ1n) is 5.97. The minimum Gasteiger partial charge on any atom is -0.484 e. The molecule has 6 nitrogen and oxygen atoms in total. The van der Waals surface area contributed by atoms with E-state index in [2.05, 4.69) is 0 Å². The van der Waals surface area contributed by atoms with Gasteiger partial charge in [0, 0.05) is 6.07 Å². The van der Waals surface area contributed by atoms with E-state index in [1.54, 1.807) is 27.7 Å². The summed E-state index contributed by atoms with van der Waals surface area (Å²) in [6.07, 6.45) is -0.467. The van der Waals surface area contributed by atoms with Crippen LogP contribution in [0, 0.1) is 10.1 Å². The molecule has 0 aliphatic heterocycles. The van der Waals surface area contributed by atoms with Crippen LogP contribution in [0.3, 0.4) is 0 Å². The molecule has 0 atom stereocenters. The molecular weight excluding hydrogens is 250 g/mol. The highest BCUT2D eigenvalue weighted by molar-refractivity contribution is 5.90. The number of carbonyl (C=O) groups excluding carboxylic acids is 1. The van der Waals surface area contributed by atoms with Gasteiger partial charge in [-0.05, 0) is 39.8 Å². The maximum Gasteiger partial charge on any atom is 0.338 e. The maximum atomic E-state index is 11.7. The normalized spacial score (nSPS) is 10.6. The van der Waals surface area contributed by atoms with Gasteiger partial charge in [-0.3, -0.25) is 10.1 Å². The largest absolute Gasteiger partial charge is 0.484 e. The molecule has 1 aromatic rings. The highest BCUT2D eigenvalue weighted by Gasteiger charge is 2.20. The number of benzene rings is 1. The van der Waals surface area contributed by atoms with E-state index >= 15 is 0 Å². The Morgan fingerprint density at radius 3 is 2.32 bits per heavy atom. The third-order valence-electron chi connectivity index (χ3n) is 2.10. The minimum atomic E-state index is -0.589. The van der Waals surface area contributed by atoms with Crippen LogP contribution in [0.15, 0.2) is 18.2 Å². The minimum absolute atomic E-state index is 0.136. The molecule has 0 unspecified atom stereocenters. The first-order valence-corrected chi connectivity index (χ1v) is 5.97. The van der Waals surface area contributed by atoms with Crippen molar-refractivity contribution in [3.63, 3.8) is 0 Å². The Bertz CT molecular complexity index is 482. The van der Waals surface area contributed by atoms with E-state index in [1.807, 2.05) is 0 Å². The van der Waals surface area contributed by atoms with Gasteiger partial charge < -0.3 is 9.47 Å². The number of ether oxygens (including phenoxy) is 2. The lowest BCUT2D eigenvalue weighted by Crippen LogP contribution is -2.12. The van der Waals surface area contributed by atoms with Crippen molar-refractivity contribution in [2.45, 2.75) is 39.9 Å². The van der Waals surface area contributed by atoms with Crippen LogP contribution in [0.25, 0.3) is 0 Å². The Labute approximate surface area is 111 Å². The number of nitro groups is 1. The van der Waals surface area contributed by atoms with E-state index in [1.165, 1.54) is 18.2 Å². The van der Waals surface area contributed by atoms with Gasteiger partial charge in [-0.2, -0.15) is 0 Å². The van der Waals surface area contributed by atoms with Crippen LogP contribution in [-0.4, -0.2) is 23.1 Å². The zero-order valence-electron chi connectivity index (χ0n) is 11.4. The zero-order valence-corrected chi connectivity index (χ0v) is 11.4. The van der Waals surface area contributed by atoms with Crippen LogP contribution in [0.2, 0.25) is 0 Å². The molecule has 0 bridgehead atoms. The molecule has 0 saturated heterocycles. The lowest BCUT2D eigenvalue weighted by molar-refractivity contribution is -0.386. The van der Waals surface area contributed by atoms with Crippen LogP contribution in [0.4, 0.5) is 5.69 Å². The van der Waals surface area contributed by atoms with E-state index in [4.69, 9.17) is 9.47 Å². The summed E-state index contributed by atoms with van der Waals surface area (Å²) in [5, 5.41) is 11.0. The van der Waals surface area contributed by atoms with Crippen LogP contribution in [0.5, 0.6) is 5.75 Å². The molecule has 0 radical (unpaired) electrons. The van der Waals surface area contributed by atoms with Gasteiger partial charge in [0.05, 0.1) is 22.7 Å². The molecule has 0 aromatic heterocycles. The summed E-state index contributed by atoms with van der Waals surface area (Å²) in [5.41, 5.74) is -0.108. The smallest absolute Gasteiger partial charge is 0.338 e. The number of carbonyl (C=O) groups is 1. The average molecular weight is 267 g/mol. The zero-order chi connectivity index (χ0) is 14.6. The molecule has 0 heterocycles. The Kier molecular flexibility index (Phi) is 4.86. The van der Waals surface area contributed by atoms with Crippen molar-refractivity contribution >= 4 is 11.7 Å². The van der Waals surface area contributed by atoms with Gasteiger partial charge in [0.1, 0.15) is 0 Å². The molecule has 104 valence electrons. The van der Waals surface area contributed by atoms with Crippen molar-refractivity contribution in [1.29, 1.82) is 0 Å². The second-order valence-corrected chi connectivity index (χ2v) is 4.56. The van der Waals surface area contributed by atoms with Crippen LogP contribution in [0.1, 0.15) is 38.1 Å². The fraction of sp³-hybridized carbons (Fsp3) is 0.462. The number of hydrogen-bond acceptors (Lipinski definition) is 5. The van der Waals surface area contributed by atoms with Crippen molar-refractivity contribution in [3.05, 3.63) is 33.9 Å². The van der Waals surface area contributed by atoms with E-state index in [9.17, 15) is 14.9 Å².